The summed E-state index contributed by atoms with van der Waals surface area (Å²) in [4.78, 5) is 26.8. The largest absolute Gasteiger partial charge is 0.506 e. The van der Waals surface area contributed by atoms with Gasteiger partial charge in [0.15, 0.2) is 0 Å². The molecule has 0 heterocycles. The Hall–Kier alpha value is -2.80. The van der Waals surface area contributed by atoms with Gasteiger partial charge in [-0.3, -0.25) is 4.79 Å². The number of benzene rings is 2. The lowest BCUT2D eigenvalue weighted by Crippen LogP contribution is -2.27. The summed E-state index contributed by atoms with van der Waals surface area (Å²) in [6.45, 7) is 7.35. The summed E-state index contributed by atoms with van der Waals surface area (Å²) in [5.41, 5.74) is 5.26. The topological polar surface area (TPSA) is 102 Å². The zero-order chi connectivity index (χ0) is 21.4. The first-order valence-corrected chi connectivity index (χ1v) is 9.95. The zero-order valence-corrected chi connectivity index (χ0v) is 17.4. The summed E-state index contributed by atoms with van der Waals surface area (Å²) < 4.78 is 10.5. The van der Waals surface area contributed by atoms with Crippen molar-refractivity contribution in [2.45, 2.75) is 33.1 Å². The molecule has 0 aliphatic carbocycles. The summed E-state index contributed by atoms with van der Waals surface area (Å²) in [7, 11) is 1.52. The third-order valence-electron chi connectivity index (χ3n) is 4.72. The maximum absolute atomic E-state index is 12.6. The average Bonchev–Trinajstić information content (AvgIpc) is 2.70. The smallest absolute Gasteiger partial charge is 0.341 e. The van der Waals surface area contributed by atoms with Gasteiger partial charge in [0, 0.05) is 6.54 Å². The van der Waals surface area contributed by atoms with Crippen LogP contribution in [-0.4, -0.2) is 55.2 Å². The van der Waals surface area contributed by atoms with Gasteiger partial charge in [0.2, 0.25) is 0 Å². The monoisotopic (exact) mass is 402 g/mol. The van der Waals surface area contributed by atoms with Crippen LogP contribution in [0.3, 0.4) is 0 Å². The molecular formula is C22H30N2O5. The van der Waals surface area contributed by atoms with E-state index in [0.29, 0.717) is 22.9 Å². The standard InChI is InChI=1S/C22H30N2O5/c1-4-9-24(10-5-2)11-6-12-29-22(27)18-14-15-13-16(28-3)7-8-17(15)19(20(18)25)21(23)26/h7-8,13-14,25H,4-6,9-12H2,1-3H3,(H2,23,26). The lowest BCUT2D eigenvalue weighted by atomic mass is 9.98. The molecule has 0 fully saturated rings. The molecule has 2 rings (SSSR count). The number of hydrogen-bond acceptors (Lipinski definition) is 6. The number of nitrogens with zero attached hydrogens (tertiary/aromatic N) is 1. The Balaban J connectivity index is 2.18. The molecule has 0 radical (unpaired) electrons. The molecule has 2 aromatic carbocycles. The maximum atomic E-state index is 12.6. The fourth-order valence-electron chi connectivity index (χ4n) is 3.40. The van der Waals surface area contributed by atoms with Crippen LogP contribution in [0.15, 0.2) is 24.3 Å². The molecule has 0 unspecified atom stereocenters. The molecule has 0 bridgehead atoms. The minimum absolute atomic E-state index is 0.0847. The predicted octanol–water partition coefficient (Wildman–Crippen LogP) is 3.32. The molecule has 3 N–H and O–H groups in total. The number of ether oxygens (including phenoxy) is 2. The first kappa shape index (κ1) is 22.5. The van der Waals surface area contributed by atoms with Crippen LogP contribution in [0.2, 0.25) is 0 Å². The third kappa shape index (κ3) is 5.60. The molecule has 29 heavy (non-hydrogen) atoms. The van der Waals surface area contributed by atoms with Gasteiger partial charge in [-0.2, -0.15) is 0 Å². The first-order chi connectivity index (χ1) is 13.9. The highest BCUT2D eigenvalue weighted by Gasteiger charge is 2.22. The van der Waals surface area contributed by atoms with E-state index >= 15 is 0 Å². The van der Waals surface area contributed by atoms with E-state index in [1.54, 1.807) is 18.2 Å². The highest BCUT2D eigenvalue weighted by atomic mass is 16.5. The molecule has 1 amide bonds. The highest BCUT2D eigenvalue weighted by molar-refractivity contribution is 6.13. The van der Waals surface area contributed by atoms with Gasteiger partial charge in [-0.1, -0.05) is 13.8 Å². The van der Waals surface area contributed by atoms with E-state index < -0.39 is 17.6 Å². The minimum atomic E-state index is -0.818. The molecule has 0 spiro atoms. The summed E-state index contributed by atoms with van der Waals surface area (Å²) >= 11 is 0. The van der Waals surface area contributed by atoms with Crippen LogP contribution in [0.1, 0.15) is 53.8 Å². The molecule has 7 nitrogen and oxygen atoms in total. The van der Waals surface area contributed by atoms with Crippen molar-refractivity contribution in [3.05, 3.63) is 35.4 Å². The van der Waals surface area contributed by atoms with Gasteiger partial charge in [-0.25, -0.2) is 4.79 Å². The molecule has 158 valence electrons. The quantitative estimate of drug-likeness (QED) is 0.442. The molecule has 0 saturated carbocycles. The maximum Gasteiger partial charge on any atom is 0.341 e. The van der Waals surface area contributed by atoms with Crippen molar-refractivity contribution in [3.63, 3.8) is 0 Å². The Morgan fingerprint density at radius 1 is 1.10 bits per heavy atom. The van der Waals surface area contributed by atoms with Gasteiger partial charge in [0.25, 0.3) is 5.91 Å². The van der Waals surface area contributed by atoms with Gasteiger partial charge in [0.05, 0.1) is 19.3 Å². The van der Waals surface area contributed by atoms with Crippen molar-refractivity contribution in [3.8, 4) is 11.5 Å². The van der Waals surface area contributed by atoms with Crippen molar-refractivity contribution in [1.29, 1.82) is 0 Å². The molecule has 0 aliphatic rings. The lowest BCUT2D eigenvalue weighted by molar-refractivity contribution is 0.0485. The summed E-state index contributed by atoms with van der Waals surface area (Å²) in [6.07, 6.45) is 2.84. The third-order valence-corrected chi connectivity index (χ3v) is 4.72. The van der Waals surface area contributed by atoms with Crippen LogP contribution in [0, 0.1) is 0 Å². The number of nitrogens with two attached hydrogens (primary N) is 1. The van der Waals surface area contributed by atoms with Gasteiger partial charge in [-0.15, -0.1) is 0 Å². The Bertz CT molecular complexity index is 860. The summed E-state index contributed by atoms with van der Waals surface area (Å²) in [6, 6.07) is 6.44. The molecular weight excluding hydrogens is 372 g/mol. The Morgan fingerprint density at radius 3 is 2.38 bits per heavy atom. The van der Waals surface area contributed by atoms with E-state index in [1.807, 2.05) is 0 Å². The zero-order valence-electron chi connectivity index (χ0n) is 17.4. The Morgan fingerprint density at radius 2 is 1.79 bits per heavy atom. The number of carbonyl (C=O) groups is 2. The normalized spacial score (nSPS) is 11.0. The van der Waals surface area contributed by atoms with Crippen molar-refractivity contribution in [2.24, 2.45) is 5.73 Å². The number of hydrogen-bond donors (Lipinski definition) is 2. The number of rotatable bonds is 11. The van der Waals surface area contributed by atoms with E-state index in [1.165, 1.54) is 13.2 Å². The number of amides is 1. The number of primary amides is 1. The summed E-state index contributed by atoms with van der Waals surface area (Å²) in [5.74, 6) is -1.40. The number of esters is 1. The van der Waals surface area contributed by atoms with Crippen LogP contribution in [0.5, 0.6) is 11.5 Å². The summed E-state index contributed by atoms with van der Waals surface area (Å²) in [5, 5.41) is 11.5. The number of phenols is 1. The van der Waals surface area contributed by atoms with Crippen molar-refractivity contribution in [2.75, 3.05) is 33.4 Å². The first-order valence-electron chi connectivity index (χ1n) is 9.95. The van der Waals surface area contributed by atoms with Crippen LogP contribution in [0.25, 0.3) is 10.8 Å². The fourth-order valence-corrected chi connectivity index (χ4v) is 3.40. The lowest BCUT2D eigenvalue weighted by Gasteiger charge is -2.20. The van der Waals surface area contributed by atoms with E-state index in [0.717, 1.165) is 32.5 Å². The molecule has 0 aliphatic heterocycles. The second-order valence-corrected chi connectivity index (χ2v) is 6.93. The minimum Gasteiger partial charge on any atom is -0.506 e. The molecule has 2 aromatic rings. The SMILES string of the molecule is CCCN(CCC)CCCOC(=O)c1cc2cc(OC)ccc2c(C(N)=O)c1O. The van der Waals surface area contributed by atoms with E-state index in [2.05, 4.69) is 18.7 Å². The van der Waals surface area contributed by atoms with Crippen molar-refractivity contribution >= 4 is 22.6 Å². The average molecular weight is 402 g/mol. The Kier molecular flexibility index (Phi) is 8.27. The number of methoxy groups -OCH3 is 1. The molecule has 0 saturated heterocycles. The molecule has 0 atom stereocenters. The predicted molar refractivity (Wildman–Crippen MR) is 113 cm³/mol. The number of carbonyl (C=O) groups excluding carboxylic acids is 2. The second kappa shape index (κ2) is 10.7. The number of aromatic hydroxyl groups is 1. The molecule has 7 heteroatoms. The van der Waals surface area contributed by atoms with Gasteiger partial charge < -0.3 is 25.2 Å². The van der Waals surface area contributed by atoms with E-state index in [9.17, 15) is 14.7 Å². The van der Waals surface area contributed by atoms with E-state index in [4.69, 9.17) is 15.2 Å². The second-order valence-electron chi connectivity index (χ2n) is 6.93. The fraction of sp³-hybridized carbons (Fsp3) is 0.455. The van der Waals surface area contributed by atoms with Gasteiger partial charge in [-0.05, 0) is 67.4 Å². The van der Waals surface area contributed by atoms with Crippen molar-refractivity contribution in [1.82, 2.24) is 4.90 Å². The van der Waals surface area contributed by atoms with Crippen molar-refractivity contribution < 1.29 is 24.2 Å². The van der Waals surface area contributed by atoms with Gasteiger partial charge >= 0.3 is 5.97 Å². The van der Waals surface area contributed by atoms with Crippen LogP contribution in [-0.2, 0) is 4.74 Å². The van der Waals surface area contributed by atoms with E-state index in [-0.39, 0.29) is 17.7 Å². The highest BCUT2D eigenvalue weighted by Crippen LogP contribution is 2.33. The molecule has 0 aromatic heterocycles. The van der Waals surface area contributed by atoms with Gasteiger partial charge in [0.1, 0.15) is 17.1 Å². The van der Waals surface area contributed by atoms with Crippen LogP contribution < -0.4 is 10.5 Å². The Labute approximate surface area is 171 Å². The number of fused-ring (bicyclic) bond motifs is 1. The van der Waals surface area contributed by atoms with Crippen LogP contribution >= 0.6 is 0 Å². The van der Waals surface area contributed by atoms with Crippen LogP contribution in [0.4, 0.5) is 0 Å².